The molecule has 1 saturated carbocycles. The van der Waals surface area contributed by atoms with E-state index in [9.17, 15) is 9.90 Å². The zero-order valence-electron chi connectivity index (χ0n) is 8.98. The Kier molecular flexibility index (Phi) is 3.29. The van der Waals surface area contributed by atoms with Crippen LogP contribution in [0.15, 0.2) is 24.3 Å². The van der Waals surface area contributed by atoms with Crippen LogP contribution in [0, 0.1) is 0 Å². The predicted molar refractivity (Wildman–Crippen MR) is 59.4 cm³/mol. The van der Waals surface area contributed by atoms with Crippen molar-refractivity contribution in [2.45, 2.75) is 25.3 Å². The second kappa shape index (κ2) is 4.88. The van der Waals surface area contributed by atoms with Gasteiger partial charge in [0.05, 0.1) is 13.0 Å². The highest BCUT2D eigenvalue weighted by atomic mass is 16.5. The Balaban J connectivity index is 1.70. The monoisotopic (exact) mass is 221 g/mol. The number of hydrogen-bond donors (Lipinski definition) is 2. The number of carbonyl (C=O) groups excluding carboxylic acids is 1. The highest BCUT2D eigenvalue weighted by Gasteiger charge is 2.22. The number of carbonyl (C=O) groups is 1. The average Bonchev–Trinajstić information content (AvgIpc) is 3.05. The molecule has 0 radical (unpaired) electrons. The summed E-state index contributed by atoms with van der Waals surface area (Å²) in [7, 11) is 0. The Morgan fingerprint density at radius 1 is 1.44 bits per heavy atom. The van der Waals surface area contributed by atoms with E-state index < -0.39 is 0 Å². The van der Waals surface area contributed by atoms with Gasteiger partial charge in [-0.2, -0.15) is 0 Å². The van der Waals surface area contributed by atoms with E-state index in [2.05, 4.69) is 5.32 Å². The summed E-state index contributed by atoms with van der Waals surface area (Å²) in [5.41, 5.74) is 0. The molecule has 4 heteroatoms. The van der Waals surface area contributed by atoms with Crippen molar-refractivity contribution in [1.29, 1.82) is 0 Å². The van der Waals surface area contributed by atoms with E-state index in [1.165, 1.54) is 0 Å². The van der Waals surface area contributed by atoms with Crippen LogP contribution in [0.5, 0.6) is 11.5 Å². The van der Waals surface area contributed by atoms with Gasteiger partial charge in [-0.3, -0.25) is 4.79 Å². The Morgan fingerprint density at radius 2 is 2.19 bits per heavy atom. The van der Waals surface area contributed by atoms with Crippen LogP contribution in [0.3, 0.4) is 0 Å². The number of hydrogen-bond acceptors (Lipinski definition) is 3. The SMILES string of the molecule is O=C(CCOc1ccccc1O)NC1CC1. The number of nitrogens with one attached hydrogen (secondary N) is 1. The number of aromatic hydroxyl groups is 1. The van der Waals surface area contributed by atoms with Crippen LogP contribution in [-0.2, 0) is 4.79 Å². The van der Waals surface area contributed by atoms with Gasteiger partial charge in [-0.15, -0.1) is 0 Å². The first-order valence-electron chi connectivity index (χ1n) is 5.46. The largest absolute Gasteiger partial charge is 0.504 e. The van der Waals surface area contributed by atoms with E-state index in [0.717, 1.165) is 12.8 Å². The van der Waals surface area contributed by atoms with Gasteiger partial charge in [0.2, 0.25) is 5.91 Å². The molecule has 0 heterocycles. The lowest BCUT2D eigenvalue weighted by Crippen LogP contribution is -2.26. The Hall–Kier alpha value is -1.71. The van der Waals surface area contributed by atoms with Crippen LogP contribution in [-0.4, -0.2) is 23.7 Å². The molecule has 16 heavy (non-hydrogen) atoms. The quantitative estimate of drug-likeness (QED) is 0.791. The van der Waals surface area contributed by atoms with Crippen LogP contribution < -0.4 is 10.1 Å². The topological polar surface area (TPSA) is 58.6 Å². The van der Waals surface area contributed by atoms with Gasteiger partial charge >= 0.3 is 0 Å². The molecular formula is C12H15NO3. The van der Waals surface area contributed by atoms with Crippen molar-refractivity contribution in [2.24, 2.45) is 0 Å². The van der Waals surface area contributed by atoms with Crippen molar-refractivity contribution >= 4 is 5.91 Å². The van der Waals surface area contributed by atoms with Crippen molar-refractivity contribution in [3.63, 3.8) is 0 Å². The minimum Gasteiger partial charge on any atom is -0.504 e. The van der Waals surface area contributed by atoms with Crippen LogP contribution in [0.25, 0.3) is 0 Å². The molecule has 0 saturated heterocycles. The smallest absolute Gasteiger partial charge is 0.223 e. The van der Waals surface area contributed by atoms with Gasteiger partial charge in [-0.1, -0.05) is 12.1 Å². The lowest BCUT2D eigenvalue weighted by molar-refractivity contribution is -0.121. The molecule has 0 aliphatic heterocycles. The third-order valence-electron chi connectivity index (χ3n) is 2.39. The van der Waals surface area contributed by atoms with Crippen molar-refractivity contribution in [3.8, 4) is 11.5 Å². The normalized spacial score (nSPS) is 14.5. The number of para-hydroxylation sites is 2. The molecule has 0 bridgehead atoms. The zero-order valence-corrected chi connectivity index (χ0v) is 8.98. The van der Waals surface area contributed by atoms with Gasteiger partial charge in [0.1, 0.15) is 0 Å². The third kappa shape index (κ3) is 3.15. The van der Waals surface area contributed by atoms with Gasteiger partial charge < -0.3 is 15.2 Å². The summed E-state index contributed by atoms with van der Waals surface area (Å²) in [6, 6.07) is 7.12. The lowest BCUT2D eigenvalue weighted by atomic mass is 10.3. The molecule has 2 N–H and O–H groups in total. The van der Waals surface area contributed by atoms with E-state index in [0.29, 0.717) is 18.2 Å². The fourth-order valence-electron chi connectivity index (χ4n) is 1.36. The number of rotatable bonds is 5. The highest BCUT2D eigenvalue weighted by molar-refractivity contribution is 5.76. The van der Waals surface area contributed by atoms with Crippen LogP contribution >= 0.6 is 0 Å². The molecule has 1 aliphatic carbocycles. The number of phenols is 1. The van der Waals surface area contributed by atoms with Gasteiger partial charge in [0.15, 0.2) is 11.5 Å². The Labute approximate surface area is 94.2 Å². The second-order valence-corrected chi connectivity index (χ2v) is 3.91. The maximum atomic E-state index is 11.3. The first kappa shape index (κ1) is 10.8. The van der Waals surface area contributed by atoms with Gasteiger partial charge in [0.25, 0.3) is 0 Å². The molecule has 1 aromatic carbocycles. The summed E-state index contributed by atoms with van der Waals surface area (Å²) >= 11 is 0. The summed E-state index contributed by atoms with van der Waals surface area (Å²) in [5, 5.41) is 12.3. The zero-order chi connectivity index (χ0) is 11.4. The summed E-state index contributed by atoms with van der Waals surface area (Å²) in [6.07, 6.45) is 2.50. The minimum absolute atomic E-state index is 0.0120. The Morgan fingerprint density at radius 3 is 2.88 bits per heavy atom. The fourth-order valence-corrected chi connectivity index (χ4v) is 1.36. The van der Waals surface area contributed by atoms with Crippen molar-refractivity contribution in [1.82, 2.24) is 5.32 Å². The van der Waals surface area contributed by atoms with Crippen molar-refractivity contribution in [3.05, 3.63) is 24.3 Å². The molecule has 0 spiro atoms. The van der Waals surface area contributed by atoms with Gasteiger partial charge in [-0.05, 0) is 25.0 Å². The lowest BCUT2D eigenvalue weighted by Gasteiger charge is -2.07. The fraction of sp³-hybridized carbons (Fsp3) is 0.417. The van der Waals surface area contributed by atoms with E-state index in [-0.39, 0.29) is 18.3 Å². The maximum Gasteiger partial charge on any atom is 0.223 e. The van der Waals surface area contributed by atoms with E-state index >= 15 is 0 Å². The molecular weight excluding hydrogens is 206 g/mol. The second-order valence-electron chi connectivity index (χ2n) is 3.91. The first-order chi connectivity index (χ1) is 7.75. The first-order valence-corrected chi connectivity index (χ1v) is 5.46. The van der Waals surface area contributed by atoms with Gasteiger partial charge in [-0.25, -0.2) is 0 Å². The predicted octanol–water partition coefficient (Wildman–Crippen LogP) is 1.44. The number of phenolic OH excluding ortho intramolecular Hbond substituents is 1. The summed E-state index contributed by atoms with van der Waals surface area (Å²) < 4.78 is 5.30. The molecule has 0 atom stereocenters. The van der Waals surface area contributed by atoms with E-state index in [1.54, 1.807) is 24.3 Å². The standard InChI is InChI=1S/C12H15NO3/c14-10-3-1-2-4-11(10)16-8-7-12(15)13-9-5-6-9/h1-4,9,14H,5-8H2,(H,13,15). The summed E-state index contributed by atoms with van der Waals surface area (Å²) in [5.74, 6) is 0.532. The van der Waals surface area contributed by atoms with E-state index in [1.807, 2.05) is 0 Å². The molecule has 1 amide bonds. The molecule has 4 nitrogen and oxygen atoms in total. The number of ether oxygens (including phenoxy) is 1. The minimum atomic E-state index is 0.0120. The van der Waals surface area contributed by atoms with Gasteiger partial charge in [0, 0.05) is 6.04 Å². The van der Waals surface area contributed by atoms with Crippen molar-refractivity contribution in [2.75, 3.05) is 6.61 Å². The molecule has 86 valence electrons. The molecule has 2 rings (SSSR count). The molecule has 0 unspecified atom stereocenters. The number of amides is 1. The molecule has 1 fully saturated rings. The van der Waals surface area contributed by atoms with E-state index in [4.69, 9.17) is 4.74 Å². The number of benzene rings is 1. The molecule has 1 aromatic rings. The summed E-state index contributed by atoms with van der Waals surface area (Å²) in [4.78, 5) is 11.3. The highest BCUT2D eigenvalue weighted by Crippen LogP contribution is 2.24. The van der Waals surface area contributed by atoms with Crippen LogP contribution in [0.4, 0.5) is 0 Å². The maximum absolute atomic E-state index is 11.3. The van der Waals surface area contributed by atoms with Crippen molar-refractivity contribution < 1.29 is 14.6 Å². The molecule has 0 aromatic heterocycles. The third-order valence-corrected chi connectivity index (χ3v) is 2.39. The average molecular weight is 221 g/mol. The summed E-state index contributed by atoms with van der Waals surface area (Å²) in [6.45, 7) is 0.288. The molecule has 1 aliphatic rings. The van der Waals surface area contributed by atoms with Crippen LogP contribution in [0.2, 0.25) is 0 Å². The Bertz CT molecular complexity index is 374. The van der Waals surface area contributed by atoms with Crippen LogP contribution in [0.1, 0.15) is 19.3 Å².